The van der Waals surface area contributed by atoms with Gasteiger partial charge in [-0.05, 0) is 53.9 Å². The first-order valence-electron chi connectivity index (χ1n) is 8.89. The van der Waals surface area contributed by atoms with Gasteiger partial charge in [0.05, 0.1) is 5.56 Å². The van der Waals surface area contributed by atoms with Gasteiger partial charge in [-0.2, -0.15) is 0 Å². The predicted octanol–water partition coefficient (Wildman–Crippen LogP) is 2.46. The Morgan fingerprint density at radius 2 is 1.59 bits per heavy atom. The summed E-state index contributed by atoms with van der Waals surface area (Å²) in [6, 6.07) is 17.0. The smallest absolute Gasteiger partial charge is 0.269 e. The largest absolute Gasteiger partial charge is 0.325 e. The fourth-order valence-corrected chi connectivity index (χ4v) is 4.69. The van der Waals surface area contributed by atoms with Gasteiger partial charge in [-0.3, -0.25) is 14.6 Å². The van der Waals surface area contributed by atoms with E-state index in [9.17, 15) is 18.0 Å². The number of carbonyl (C=O) groups is 2. The molecule has 0 saturated heterocycles. The Bertz CT molecular complexity index is 1180. The van der Waals surface area contributed by atoms with Crippen molar-refractivity contribution in [2.75, 3.05) is 11.9 Å². The topological polar surface area (TPSA) is 96.4 Å². The minimum Gasteiger partial charge on any atom is -0.325 e. The highest BCUT2D eigenvalue weighted by Crippen LogP contribution is 2.29. The summed E-state index contributed by atoms with van der Waals surface area (Å²) in [5.41, 5.74) is 2.78. The fourth-order valence-electron chi connectivity index (χ4n) is 3.16. The van der Waals surface area contributed by atoms with Gasteiger partial charge in [-0.1, -0.05) is 24.3 Å². The zero-order valence-corrected chi connectivity index (χ0v) is 16.1. The van der Waals surface area contributed by atoms with Gasteiger partial charge in [-0.25, -0.2) is 12.7 Å². The van der Waals surface area contributed by atoms with Crippen LogP contribution < -0.4 is 5.32 Å². The van der Waals surface area contributed by atoms with Gasteiger partial charge < -0.3 is 5.32 Å². The number of carbonyl (C=O) groups excluding carboxylic acids is 2. The molecule has 0 radical (unpaired) electrons. The standard InChI is InChI=1S/C21H17N3O4S/c25-20(14-24-21(26)18-3-1-2-4-19(18)29(24,27)28)23-17-7-5-15(6-8-17)13-16-9-11-22-12-10-16/h1-12H,13-14H2,(H,23,25). The quantitative estimate of drug-likeness (QED) is 0.701. The second-order valence-electron chi connectivity index (χ2n) is 6.59. The Balaban J connectivity index is 1.42. The molecular weight excluding hydrogens is 390 g/mol. The normalized spacial score (nSPS) is 14.5. The van der Waals surface area contributed by atoms with Gasteiger partial charge in [-0.15, -0.1) is 0 Å². The average molecular weight is 407 g/mol. The van der Waals surface area contributed by atoms with Crippen LogP contribution in [0.15, 0.2) is 78.0 Å². The summed E-state index contributed by atoms with van der Waals surface area (Å²) in [6.45, 7) is -0.575. The molecule has 4 rings (SSSR count). The first-order valence-corrected chi connectivity index (χ1v) is 10.3. The van der Waals surface area contributed by atoms with Crippen molar-refractivity contribution in [3.05, 3.63) is 89.7 Å². The van der Waals surface area contributed by atoms with Crippen LogP contribution in [0.2, 0.25) is 0 Å². The van der Waals surface area contributed by atoms with Crippen molar-refractivity contribution in [2.24, 2.45) is 0 Å². The van der Waals surface area contributed by atoms with E-state index >= 15 is 0 Å². The van der Waals surface area contributed by atoms with E-state index in [1.54, 1.807) is 36.7 Å². The van der Waals surface area contributed by atoms with Crippen LogP contribution >= 0.6 is 0 Å². The van der Waals surface area contributed by atoms with Crippen molar-refractivity contribution in [3.63, 3.8) is 0 Å². The van der Waals surface area contributed by atoms with Crippen molar-refractivity contribution in [1.29, 1.82) is 0 Å². The maximum absolute atomic E-state index is 12.5. The van der Waals surface area contributed by atoms with E-state index in [4.69, 9.17) is 0 Å². The lowest BCUT2D eigenvalue weighted by molar-refractivity contribution is -0.116. The Kier molecular flexibility index (Phi) is 4.85. The average Bonchev–Trinajstić information content (AvgIpc) is 2.91. The molecule has 0 atom stereocenters. The highest BCUT2D eigenvalue weighted by Gasteiger charge is 2.41. The van der Waals surface area contributed by atoms with E-state index in [0.717, 1.165) is 17.5 Å². The molecular formula is C21H17N3O4S. The van der Waals surface area contributed by atoms with E-state index in [0.29, 0.717) is 9.99 Å². The molecule has 2 heterocycles. The zero-order chi connectivity index (χ0) is 20.4. The minimum atomic E-state index is -4.01. The van der Waals surface area contributed by atoms with Crippen LogP contribution in [0, 0.1) is 0 Å². The molecule has 8 heteroatoms. The third-order valence-corrected chi connectivity index (χ3v) is 6.38. The lowest BCUT2D eigenvalue weighted by atomic mass is 10.1. The summed E-state index contributed by atoms with van der Waals surface area (Å²) in [4.78, 5) is 28.6. The first-order chi connectivity index (χ1) is 13.9. The first kappa shape index (κ1) is 18.8. The highest BCUT2D eigenvalue weighted by molar-refractivity contribution is 7.90. The van der Waals surface area contributed by atoms with Gasteiger partial charge in [0.2, 0.25) is 5.91 Å². The Hall–Kier alpha value is -3.52. The maximum atomic E-state index is 12.5. The van der Waals surface area contributed by atoms with Crippen LogP contribution in [0.25, 0.3) is 0 Å². The molecule has 1 aromatic heterocycles. The van der Waals surface area contributed by atoms with Gasteiger partial charge in [0.15, 0.2) is 0 Å². The van der Waals surface area contributed by atoms with E-state index < -0.39 is 28.4 Å². The number of hydrogen-bond acceptors (Lipinski definition) is 5. The molecule has 3 aromatic rings. The Labute approximate surface area is 168 Å². The maximum Gasteiger partial charge on any atom is 0.269 e. The number of fused-ring (bicyclic) bond motifs is 1. The Morgan fingerprint density at radius 1 is 0.931 bits per heavy atom. The minimum absolute atomic E-state index is 0.0711. The fraction of sp³-hybridized carbons (Fsp3) is 0.0952. The van der Waals surface area contributed by atoms with Crippen molar-refractivity contribution in [1.82, 2.24) is 9.29 Å². The second-order valence-corrected chi connectivity index (χ2v) is 8.42. The molecule has 0 spiro atoms. The van der Waals surface area contributed by atoms with Crippen LogP contribution in [0.5, 0.6) is 0 Å². The number of aromatic nitrogens is 1. The summed E-state index contributed by atoms with van der Waals surface area (Å²) in [7, 11) is -4.01. The summed E-state index contributed by atoms with van der Waals surface area (Å²) in [5, 5.41) is 2.64. The molecule has 0 aliphatic carbocycles. The molecule has 146 valence electrons. The molecule has 29 heavy (non-hydrogen) atoms. The van der Waals surface area contributed by atoms with Crippen molar-refractivity contribution >= 4 is 27.5 Å². The molecule has 1 aliphatic heterocycles. The van der Waals surface area contributed by atoms with Crippen LogP contribution in [0.3, 0.4) is 0 Å². The molecule has 0 unspecified atom stereocenters. The zero-order valence-electron chi connectivity index (χ0n) is 15.3. The summed E-state index contributed by atoms with van der Waals surface area (Å²) >= 11 is 0. The number of pyridine rings is 1. The van der Waals surface area contributed by atoms with Gasteiger partial charge in [0.1, 0.15) is 11.4 Å². The van der Waals surface area contributed by atoms with Crippen molar-refractivity contribution < 1.29 is 18.0 Å². The number of rotatable bonds is 5. The van der Waals surface area contributed by atoms with Crippen LogP contribution in [-0.4, -0.2) is 36.1 Å². The third-order valence-electron chi connectivity index (χ3n) is 4.59. The van der Waals surface area contributed by atoms with Crippen molar-refractivity contribution in [3.8, 4) is 0 Å². The monoisotopic (exact) mass is 407 g/mol. The van der Waals surface area contributed by atoms with E-state index in [-0.39, 0.29) is 10.5 Å². The summed E-state index contributed by atoms with van der Waals surface area (Å²) in [5.74, 6) is -1.28. The van der Waals surface area contributed by atoms with Gasteiger partial charge in [0, 0.05) is 18.1 Å². The summed E-state index contributed by atoms with van der Waals surface area (Å²) in [6.07, 6.45) is 4.20. The number of nitrogens with zero attached hydrogens (tertiary/aromatic N) is 2. The lowest BCUT2D eigenvalue weighted by Crippen LogP contribution is -2.37. The third kappa shape index (κ3) is 3.74. The number of benzene rings is 2. The number of sulfonamides is 1. The Morgan fingerprint density at radius 3 is 2.28 bits per heavy atom. The molecule has 2 amide bonds. The van der Waals surface area contributed by atoms with Crippen LogP contribution in [0.1, 0.15) is 21.5 Å². The number of hydrogen-bond donors (Lipinski definition) is 1. The molecule has 2 aromatic carbocycles. The highest BCUT2D eigenvalue weighted by atomic mass is 32.2. The summed E-state index contributed by atoms with van der Waals surface area (Å²) < 4.78 is 25.6. The van der Waals surface area contributed by atoms with Gasteiger partial charge in [0.25, 0.3) is 15.9 Å². The van der Waals surface area contributed by atoms with Crippen LogP contribution in [-0.2, 0) is 21.2 Å². The van der Waals surface area contributed by atoms with Gasteiger partial charge >= 0.3 is 0 Å². The van der Waals surface area contributed by atoms with E-state index in [1.165, 1.54) is 12.1 Å². The molecule has 0 fully saturated rings. The number of amides is 2. The van der Waals surface area contributed by atoms with Crippen LogP contribution in [0.4, 0.5) is 5.69 Å². The van der Waals surface area contributed by atoms with E-state index in [1.807, 2.05) is 24.3 Å². The number of nitrogens with one attached hydrogen (secondary N) is 1. The van der Waals surface area contributed by atoms with E-state index in [2.05, 4.69) is 10.3 Å². The molecule has 1 N–H and O–H groups in total. The molecule has 0 bridgehead atoms. The lowest BCUT2D eigenvalue weighted by Gasteiger charge is -2.15. The molecule has 1 aliphatic rings. The molecule has 7 nitrogen and oxygen atoms in total. The SMILES string of the molecule is O=C(CN1C(=O)c2ccccc2S1(=O)=O)Nc1ccc(Cc2ccncc2)cc1. The predicted molar refractivity (Wildman–Crippen MR) is 107 cm³/mol. The van der Waals surface area contributed by atoms with Crippen molar-refractivity contribution in [2.45, 2.75) is 11.3 Å². The number of anilines is 1. The second kappa shape index (κ2) is 7.48. The molecule has 0 saturated carbocycles.